The third kappa shape index (κ3) is 5.26. The van der Waals surface area contributed by atoms with Gasteiger partial charge < -0.3 is 19.9 Å². The predicted octanol–water partition coefficient (Wildman–Crippen LogP) is 0.368. The molecule has 124 valence electrons. The van der Waals surface area contributed by atoms with Crippen LogP contribution < -0.4 is 10.0 Å². The summed E-state index contributed by atoms with van der Waals surface area (Å²) in [6.45, 7) is 1.08. The Hall–Kier alpha value is -1.68. The van der Waals surface area contributed by atoms with Crippen LogP contribution in [0.3, 0.4) is 0 Å². The lowest BCUT2D eigenvalue weighted by Crippen LogP contribution is -2.28. The largest absolute Gasteiger partial charge is 0.478 e. The van der Waals surface area contributed by atoms with Crippen LogP contribution in [-0.2, 0) is 19.5 Å². The van der Waals surface area contributed by atoms with E-state index in [1.165, 1.54) is 26.4 Å². The van der Waals surface area contributed by atoms with E-state index in [9.17, 15) is 13.2 Å². The molecule has 1 aromatic rings. The van der Waals surface area contributed by atoms with Crippen LogP contribution in [0.1, 0.15) is 10.4 Å². The second kappa shape index (κ2) is 8.69. The molecule has 0 aliphatic heterocycles. The van der Waals surface area contributed by atoms with Gasteiger partial charge in [0.15, 0.2) is 0 Å². The number of hydrogen-bond acceptors (Lipinski definition) is 6. The Labute approximate surface area is 129 Å². The molecule has 0 atom stereocenters. The van der Waals surface area contributed by atoms with Gasteiger partial charge >= 0.3 is 5.97 Å². The molecule has 1 aromatic carbocycles. The molecule has 0 heterocycles. The van der Waals surface area contributed by atoms with E-state index in [0.717, 1.165) is 6.07 Å². The third-order valence-electron chi connectivity index (χ3n) is 2.74. The highest BCUT2D eigenvalue weighted by Gasteiger charge is 2.20. The van der Waals surface area contributed by atoms with E-state index in [1.807, 2.05) is 0 Å². The summed E-state index contributed by atoms with van der Waals surface area (Å²) in [4.78, 5) is 10.9. The van der Waals surface area contributed by atoms with Crippen molar-refractivity contribution in [1.29, 1.82) is 0 Å². The number of benzene rings is 1. The van der Waals surface area contributed by atoms with E-state index < -0.39 is 16.0 Å². The van der Waals surface area contributed by atoms with Gasteiger partial charge in [-0.25, -0.2) is 17.9 Å². The fourth-order valence-corrected chi connectivity index (χ4v) is 2.89. The Bertz CT molecular complexity index is 603. The molecule has 0 spiro atoms. The van der Waals surface area contributed by atoms with Crippen molar-refractivity contribution in [2.45, 2.75) is 4.90 Å². The average molecular weight is 332 g/mol. The summed E-state index contributed by atoms with van der Waals surface area (Å²) in [5, 5.41) is 11.9. The van der Waals surface area contributed by atoms with E-state index in [2.05, 4.69) is 10.0 Å². The number of ether oxygens (including phenoxy) is 2. The quantitative estimate of drug-likeness (QED) is 0.530. The van der Waals surface area contributed by atoms with Crippen LogP contribution in [0.2, 0.25) is 0 Å². The topological polar surface area (TPSA) is 114 Å². The number of sulfonamides is 1. The highest BCUT2D eigenvalue weighted by atomic mass is 32.2. The molecular weight excluding hydrogens is 312 g/mol. The number of aromatic carboxylic acids is 1. The molecular formula is C13H20N2O6S. The zero-order valence-corrected chi connectivity index (χ0v) is 13.3. The SMILES string of the molecule is COCCNc1ccc(C(=O)O)cc1S(=O)(=O)NCCOC. The maximum absolute atomic E-state index is 12.3. The first-order valence-corrected chi connectivity index (χ1v) is 7.99. The normalized spacial score (nSPS) is 11.4. The Morgan fingerprint density at radius 3 is 2.41 bits per heavy atom. The van der Waals surface area contributed by atoms with Crippen LogP contribution in [0, 0.1) is 0 Å². The Kier molecular flexibility index (Phi) is 7.25. The van der Waals surface area contributed by atoms with Crippen LogP contribution in [-0.4, -0.2) is 60.0 Å². The lowest BCUT2D eigenvalue weighted by atomic mass is 10.2. The standard InChI is InChI=1S/C13H20N2O6S/c1-20-7-5-14-11-4-3-10(13(16)17)9-12(11)22(18,19)15-6-8-21-2/h3-4,9,14-15H,5-8H2,1-2H3,(H,16,17). The molecule has 0 unspecified atom stereocenters. The summed E-state index contributed by atoms with van der Waals surface area (Å²) in [5.41, 5.74) is 0.205. The van der Waals surface area contributed by atoms with Crippen LogP contribution in [0.15, 0.2) is 23.1 Å². The van der Waals surface area contributed by atoms with Crippen molar-refractivity contribution in [3.05, 3.63) is 23.8 Å². The van der Waals surface area contributed by atoms with E-state index in [-0.39, 0.29) is 23.6 Å². The van der Waals surface area contributed by atoms with Gasteiger partial charge in [-0.2, -0.15) is 0 Å². The molecule has 1 rings (SSSR count). The number of carboxylic acids is 1. The molecule has 8 nitrogen and oxygen atoms in total. The number of methoxy groups -OCH3 is 2. The molecule has 0 aliphatic rings. The second-order valence-electron chi connectivity index (χ2n) is 4.33. The average Bonchev–Trinajstić information content (AvgIpc) is 2.47. The fourth-order valence-electron chi connectivity index (χ4n) is 1.67. The van der Waals surface area contributed by atoms with Gasteiger partial charge in [-0.1, -0.05) is 0 Å². The highest BCUT2D eigenvalue weighted by molar-refractivity contribution is 7.89. The van der Waals surface area contributed by atoms with Gasteiger partial charge in [0.25, 0.3) is 0 Å². The van der Waals surface area contributed by atoms with Crippen molar-refractivity contribution in [2.24, 2.45) is 0 Å². The molecule has 0 saturated heterocycles. The molecule has 9 heteroatoms. The second-order valence-corrected chi connectivity index (χ2v) is 6.06. The molecule has 0 aromatic heterocycles. The van der Waals surface area contributed by atoms with Gasteiger partial charge in [0.05, 0.1) is 24.5 Å². The fraction of sp³-hybridized carbons (Fsp3) is 0.462. The first kappa shape index (κ1) is 18.4. The van der Waals surface area contributed by atoms with Crippen LogP contribution in [0.5, 0.6) is 0 Å². The molecule has 0 radical (unpaired) electrons. The first-order chi connectivity index (χ1) is 10.4. The van der Waals surface area contributed by atoms with Crippen LogP contribution in [0.4, 0.5) is 5.69 Å². The maximum Gasteiger partial charge on any atom is 0.335 e. The van der Waals surface area contributed by atoms with E-state index >= 15 is 0 Å². The Morgan fingerprint density at radius 2 is 1.82 bits per heavy atom. The third-order valence-corrected chi connectivity index (χ3v) is 4.24. The van der Waals surface area contributed by atoms with E-state index in [4.69, 9.17) is 14.6 Å². The highest BCUT2D eigenvalue weighted by Crippen LogP contribution is 2.22. The number of rotatable bonds is 10. The number of hydrogen-bond donors (Lipinski definition) is 3. The lowest BCUT2D eigenvalue weighted by Gasteiger charge is -2.14. The van der Waals surface area contributed by atoms with Crippen molar-refractivity contribution in [3.63, 3.8) is 0 Å². The number of carbonyl (C=O) groups is 1. The molecule has 3 N–H and O–H groups in total. The van der Waals surface area contributed by atoms with Gasteiger partial charge in [-0.05, 0) is 18.2 Å². The van der Waals surface area contributed by atoms with Crippen molar-refractivity contribution in [3.8, 4) is 0 Å². The zero-order valence-electron chi connectivity index (χ0n) is 12.5. The molecule has 0 fully saturated rings. The molecule has 0 bridgehead atoms. The van der Waals surface area contributed by atoms with Crippen molar-refractivity contribution >= 4 is 21.7 Å². The van der Waals surface area contributed by atoms with E-state index in [1.54, 1.807) is 0 Å². The van der Waals surface area contributed by atoms with Gasteiger partial charge in [-0.3, -0.25) is 0 Å². The number of nitrogens with one attached hydrogen (secondary N) is 2. The van der Waals surface area contributed by atoms with Crippen LogP contribution >= 0.6 is 0 Å². The smallest absolute Gasteiger partial charge is 0.335 e. The minimum atomic E-state index is -3.85. The summed E-state index contributed by atoms with van der Waals surface area (Å²) in [5.74, 6) is -1.20. The molecule has 0 saturated carbocycles. The number of anilines is 1. The lowest BCUT2D eigenvalue weighted by molar-refractivity contribution is 0.0696. The summed E-state index contributed by atoms with van der Waals surface area (Å²) in [6.07, 6.45) is 0. The summed E-state index contributed by atoms with van der Waals surface area (Å²) < 4.78 is 36.6. The Balaban J connectivity index is 3.09. The summed E-state index contributed by atoms with van der Waals surface area (Å²) in [6, 6.07) is 3.88. The first-order valence-electron chi connectivity index (χ1n) is 6.51. The van der Waals surface area contributed by atoms with Gasteiger partial charge in [0.2, 0.25) is 10.0 Å². The van der Waals surface area contributed by atoms with Gasteiger partial charge in [-0.15, -0.1) is 0 Å². The van der Waals surface area contributed by atoms with Crippen molar-refractivity contribution in [2.75, 3.05) is 45.8 Å². The van der Waals surface area contributed by atoms with Gasteiger partial charge in [0, 0.05) is 27.3 Å². The molecule has 0 amide bonds. The minimum Gasteiger partial charge on any atom is -0.478 e. The Morgan fingerprint density at radius 1 is 1.18 bits per heavy atom. The minimum absolute atomic E-state index is 0.0909. The summed E-state index contributed by atoms with van der Waals surface area (Å²) in [7, 11) is -0.871. The zero-order chi connectivity index (χ0) is 16.6. The maximum atomic E-state index is 12.3. The molecule has 22 heavy (non-hydrogen) atoms. The summed E-state index contributed by atoms with van der Waals surface area (Å²) >= 11 is 0. The monoisotopic (exact) mass is 332 g/mol. The molecule has 0 aliphatic carbocycles. The van der Waals surface area contributed by atoms with E-state index in [0.29, 0.717) is 18.8 Å². The van der Waals surface area contributed by atoms with Crippen LogP contribution in [0.25, 0.3) is 0 Å². The van der Waals surface area contributed by atoms with Crippen molar-refractivity contribution < 1.29 is 27.8 Å². The van der Waals surface area contributed by atoms with Crippen molar-refractivity contribution in [1.82, 2.24) is 4.72 Å². The van der Waals surface area contributed by atoms with Gasteiger partial charge in [0.1, 0.15) is 4.90 Å². The number of carboxylic acid groups (broad SMARTS) is 1. The predicted molar refractivity (Wildman–Crippen MR) is 80.8 cm³/mol.